The lowest BCUT2D eigenvalue weighted by Gasteiger charge is -2.41. The molecule has 0 spiro atoms. The molecule has 1 aliphatic carbocycles. The van der Waals surface area contributed by atoms with Crippen molar-refractivity contribution in [3.8, 4) is 0 Å². The zero-order valence-corrected chi connectivity index (χ0v) is 12.0. The molecule has 21 heavy (non-hydrogen) atoms. The molecular formula is C16H18N2O3. The van der Waals surface area contributed by atoms with E-state index >= 15 is 0 Å². The van der Waals surface area contributed by atoms with Gasteiger partial charge >= 0.3 is 5.97 Å². The molecule has 0 bridgehead atoms. The Bertz CT molecular complexity index is 760. The quantitative estimate of drug-likeness (QED) is 0.936. The van der Waals surface area contributed by atoms with Crippen molar-refractivity contribution in [1.29, 1.82) is 0 Å². The summed E-state index contributed by atoms with van der Waals surface area (Å²) in [6, 6.07) is 7.25. The maximum absolute atomic E-state index is 12.8. The normalized spacial score (nSPS) is 16.6. The van der Waals surface area contributed by atoms with Gasteiger partial charge in [0, 0.05) is 12.0 Å². The number of aromatic nitrogens is 2. The van der Waals surface area contributed by atoms with Crippen LogP contribution < -0.4 is 5.56 Å². The number of benzene rings is 1. The number of aryl methyl sites for hydroxylation is 1. The Labute approximate surface area is 122 Å². The fraction of sp³-hybridized carbons (Fsp3) is 0.438. The lowest BCUT2D eigenvalue weighted by molar-refractivity contribution is -0.137. The zero-order valence-electron chi connectivity index (χ0n) is 12.0. The minimum Gasteiger partial charge on any atom is -0.481 e. The van der Waals surface area contributed by atoms with E-state index in [0.29, 0.717) is 16.7 Å². The number of carbonyl (C=O) groups is 1. The topological polar surface area (TPSA) is 72.2 Å². The van der Waals surface area contributed by atoms with Crippen LogP contribution in [-0.4, -0.2) is 20.6 Å². The van der Waals surface area contributed by atoms with Gasteiger partial charge in [-0.05, 0) is 38.3 Å². The molecule has 0 unspecified atom stereocenters. The third kappa shape index (κ3) is 2.33. The molecule has 110 valence electrons. The summed E-state index contributed by atoms with van der Waals surface area (Å²) in [4.78, 5) is 28.2. The molecule has 0 aliphatic heterocycles. The molecular weight excluding hydrogens is 268 g/mol. The van der Waals surface area contributed by atoms with Crippen LogP contribution in [0.15, 0.2) is 29.1 Å². The highest BCUT2D eigenvalue weighted by atomic mass is 16.4. The second-order valence-electron chi connectivity index (χ2n) is 5.93. The Morgan fingerprint density at radius 2 is 2.10 bits per heavy atom. The lowest BCUT2D eigenvalue weighted by Crippen LogP contribution is -2.46. The molecule has 1 aliphatic rings. The molecule has 3 rings (SSSR count). The Hall–Kier alpha value is -2.17. The van der Waals surface area contributed by atoms with E-state index in [1.165, 1.54) is 0 Å². The van der Waals surface area contributed by atoms with Gasteiger partial charge in [0.2, 0.25) is 0 Å². The predicted octanol–water partition coefficient (Wildman–Crippen LogP) is 2.31. The Morgan fingerprint density at radius 3 is 2.71 bits per heavy atom. The largest absolute Gasteiger partial charge is 0.481 e. The van der Waals surface area contributed by atoms with Crippen LogP contribution in [0.4, 0.5) is 0 Å². The third-order valence-electron chi connectivity index (χ3n) is 4.38. The lowest BCUT2D eigenvalue weighted by atomic mass is 9.78. The molecule has 0 saturated heterocycles. The maximum Gasteiger partial charge on any atom is 0.303 e. The Kier molecular flexibility index (Phi) is 3.27. The molecule has 0 radical (unpaired) electrons. The molecule has 5 heteroatoms. The van der Waals surface area contributed by atoms with Crippen LogP contribution >= 0.6 is 0 Å². The highest BCUT2D eigenvalue weighted by Crippen LogP contribution is 2.38. The molecule has 1 aromatic heterocycles. The fourth-order valence-corrected chi connectivity index (χ4v) is 3.03. The van der Waals surface area contributed by atoms with E-state index in [9.17, 15) is 9.59 Å². The predicted molar refractivity (Wildman–Crippen MR) is 79.5 cm³/mol. The Morgan fingerprint density at radius 1 is 1.38 bits per heavy atom. The van der Waals surface area contributed by atoms with Crippen molar-refractivity contribution in [3.63, 3.8) is 0 Å². The van der Waals surface area contributed by atoms with Crippen molar-refractivity contribution < 1.29 is 9.90 Å². The van der Waals surface area contributed by atoms with E-state index in [2.05, 4.69) is 11.9 Å². The first-order valence-corrected chi connectivity index (χ1v) is 7.24. The first-order chi connectivity index (χ1) is 10.0. The van der Waals surface area contributed by atoms with Gasteiger partial charge in [-0.15, -0.1) is 0 Å². The van der Waals surface area contributed by atoms with E-state index in [4.69, 9.17) is 5.11 Å². The number of aliphatic carboxylic acids is 1. The monoisotopic (exact) mass is 286 g/mol. The fourth-order valence-electron chi connectivity index (χ4n) is 3.03. The zero-order chi connectivity index (χ0) is 15.0. The maximum atomic E-state index is 12.8. The third-order valence-corrected chi connectivity index (χ3v) is 4.38. The second-order valence-corrected chi connectivity index (χ2v) is 5.93. The minimum atomic E-state index is -0.872. The summed E-state index contributed by atoms with van der Waals surface area (Å²) in [7, 11) is 0. The summed E-state index contributed by atoms with van der Waals surface area (Å²) in [6.07, 6.45) is 3.24. The first-order valence-electron chi connectivity index (χ1n) is 7.24. The van der Waals surface area contributed by atoms with Gasteiger partial charge < -0.3 is 5.11 Å². The van der Waals surface area contributed by atoms with Crippen LogP contribution in [0.3, 0.4) is 0 Å². The van der Waals surface area contributed by atoms with Gasteiger partial charge in [-0.25, -0.2) is 4.98 Å². The summed E-state index contributed by atoms with van der Waals surface area (Å²) in [5, 5.41) is 9.51. The highest BCUT2D eigenvalue weighted by Gasteiger charge is 2.36. The van der Waals surface area contributed by atoms with E-state index in [1.807, 2.05) is 12.1 Å². The number of rotatable bonds is 4. The van der Waals surface area contributed by atoms with Crippen LogP contribution in [0.25, 0.3) is 10.9 Å². The van der Waals surface area contributed by atoms with Crippen LogP contribution in [0.1, 0.15) is 38.4 Å². The van der Waals surface area contributed by atoms with Crippen LogP contribution in [0.5, 0.6) is 0 Å². The van der Waals surface area contributed by atoms with Crippen molar-refractivity contribution >= 4 is 16.9 Å². The average Bonchev–Trinajstić information content (AvgIpc) is 2.43. The highest BCUT2D eigenvalue weighted by molar-refractivity contribution is 5.77. The molecule has 1 N–H and O–H groups in total. The van der Waals surface area contributed by atoms with Crippen molar-refractivity contribution in [2.24, 2.45) is 0 Å². The SMILES string of the molecule is CC1(n2c(CCC(=O)O)nc3ccccc3c2=O)CCC1. The van der Waals surface area contributed by atoms with Gasteiger partial charge in [0.05, 0.1) is 17.3 Å². The first kappa shape index (κ1) is 13.8. The van der Waals surface area contributed by atoms with E-state index in [-0.39, 0.29) is 23.9 Å². The van der Waals surface area contributed by atoms with Crippen molar-refractivity contribution in [2.45, 2.75) is 44.6 Å². The molecule has 1 saturated carbocycles. The number of carboxylic acids is 1. The molecule has 1 heterocycles. The summed E-state index contributed by atoms with van der Waals surface area (Å²) >= 11 is 0. The van der Waals surface area contributed by atoms with E-state index in [0.717, 1.165) is 19.3 Å². The number of carboxylic acid groups (broad SMARTS) is 1. The summed E-state index contributed by atoms with van der Waals surface area (Å²) in [5.41, 5.74) is 0.368. The number of nitrogens with zero attached hydrogens (tertiary/aromatic N) is 2. The summed E-state index contributed by atoms with van der Waals surface area (Å²) < 4.78 is 1.74. The Balaban J connectivity index is 2.20. The molecule has 1 fully saturated rings. The van der Waals surface area contributed by atoms with Gasteiger partial charge in [-0.3, -0.25) is 14.2 Å². The smallest absolute Gasteiger partial charge is 0.303 e. The number of fused-ring (bicyclic) bond motifs is 1. The van der Waals surface area contributed by atoms with Gasteiger partial charge in [0.15, 0.2) is 0 Å². The van der Waals surface area contributed by atoms with Gasteiger partial charge in [0.1, 0.15) is 5.82 Å². The molecule has 2 aromatic rings. The van der Waals surface area contributed by atoms with Crippen molar-refractivity contribution in [1.82, 2.24) is 9.55 Å². The molecule has 1 aromatic carbocycles. The van der Waals surface area contributed by atoms with Gasteiger partial charge in [0.25, 0.3) is 5.56 Å². The van der Waals surface area contributed by atoms with E-state index in [1.54, 1.807) is 16.7 Å². The van der Waals surface area contributed by atoms with Crippen LogP contribution in [-0.2, 0) is 16.8 Å². The van der Waals surface area contributed by atoms with Crippen LogP contribution in [0, 0.1) is 0 Å². The molecule has 5 nitrogen and oxygen atoms in total. The van der Waals surface area contributed by atoms with Crippen molar-refractivity contribution in [2.75, 3.05) is 0 Å². The second kappa shape index (κ2) is 4.98. The average molecular weight is 286 g/mol. The van der Waals surface area contributed by atoms with Gasteiger partial charge in [-0.2, -0.15) is 0 Å². The van der Waals surface area contributed by atoms with Gasteiger partial charge in [-0.1, -0.05) is 12.1 Å². The summed E-state index contributed by atoms with van der Waals surface area (Å²) in [5.74, 6) is -0.286. The van der Waals surface area contributed by atoms with Crippen molar-refractivity contribution in [3.05, 3.63) is 40.4 Å². The number of hydrogen-bond acceptors (Lipinski definition) is 3. The minimum absolute atomic E-state index is 0.0130. The molecule has 0 amide bonds. The van der Waals surface area contributed by atoms with E-state index < -0.39 is 5.97 Å². The summed E-state index contributed by atoms with van der Waals surface area (Å²) in [6.45, 7) is 2.05. The van der Waals surface area contributed by atoms with Crippen LogP contribution in [0.2, 0.25) is 0 Å². The number of hydrogen-bond donors (Lipinski definition) is 1. The number of para-hydroxylation sites is 1. The standard InChI is InChI=1S/C16H18N2O3/c1-16(9-4-10-16)18-13(7-8-14(19)20)17-12-6-3-2-5-11(12)15(18)21/h2-3,5-6H,4,7-10H2,1H3,(H,19,20). The molecule has 0 atom stereocenters.